The molecule has 4 nitrogen and oxygen atoms in total. The van der Waals surface area contributed by atoms with E-state index in [1.165, 1.54) is 6.07 Å². The van der Waals surface area contributed by atoms with E-state index in [0.29, 0.717) is 32.1 Å². The molecule has 1 aromatic carbocycles. The fourth-order valence-corrected chi connectivity index (χ4v) is 1.66. The van der Waals surface area contributed by atoms with Crippen molar-refractivity contribution in [1.29, 1.82) is 5.26 Å². The number of hydrogen-bond donors (Lipinski definition) is 1. The van der Waals surface area contributed by atoms with Crippen LogP contribution in [0.2, 0.25) is 0 Å². The largest absolute Gasteiger partial charge is 0.381 e. The van der Waals surface area contributed by atoms with E-state index < -0.39 is 5.82 Å². The fraction of sp³-hybridized carbons (Fsp3) is 0.417. The number of nitriles is 1. The summed E-state index contributed by atoms with van der Waals surface area (Å²) in [5, 5.41) is 11.9. The van der Waals surface area contributed by atoms with Gasteiger partial charge in [-0.15, -0.1) is 0 Å². The minimum atomic E-state index is -0.515. The van der Waals surface area contributed by atoms with Crippen molar-refractivity contribution in [2.75, 3.05) is 31.7 Å². The fourth-order valence-electron chi connectivity index (χ4n) is 1.66. The van der Waals surface area contributed by atoms with Crippen LogP contribution >= 0.6 is 0 Å². The maximum absolute atomic E-state index is 13.3. The van der Waals surface area contributed by atoms with Crippen LogP contribution in [-0.4, -0.2) is 32.5 Å². The lowest BCUT2D eigenvalue weighted by molar-refractivity contribution is -0.0818. The molecule has 1 heterocycles. The molecule has 1 aliphatic heterocycles. The summed E-state index contributed by atoms with van der Waals surface area (Å²) >= 11 is 0. The van der Waals surface area contributed by atoms with E-state index in [4.69, 9.17) is 14.7 Å². The summed E-state index contributed by atoms with van der Waals surface area (Å²) in [6, 6.07) is 6.35. The number of nitrogens with one attached hydrogen (secondary N) is 1. The Hall–Kier alpha value is -1.64. The first-order valence-electron chi connectivity index (χ1n) is 5.43. The summed E-state index contributed by atoms with van der Waals surface area (Å²) in [5.41, 5.74) is 0.519. The van der Waals surface area contributed by atoms with Crippen molar-refractivity contribution in [3.05, 3.63) is 29.6 Å². The van der Waals surface area contributed by atoms with Gasteiger partial charge in [0.1, 0.15) is 17.4 Å². The SMILES string of the molecule is N#Cc1c(F)cccc1NCC1COCCO1. The van der Waals surface area contributed by atoms with Gasteiger partial charge in [-0.2, -0.15) is 5.26 Å². The quantitative estimate of drug-likeness (QED) is 0.864. The van der Waals surface area contributed by atoms with Crippen LogP contribution in [0.1, 0.15) is 5.56 Å². The number of anilines is 1. The Morgan fingerprint density at radius 3 is 3.06 bits per heavy atom. The van der Waals surface area contributed by atoms with Gasteiger partial charge >= 0.3 is 0 Å². The van der Waals surface area contributed by atoms with Crippen molar-refractivity contribution in [2.24, 2.45) is 0 Å². The normalized spacial score (nSPS) is 19.6. The van der Waals surface area contributed by atoms with Gasteiger partial charge in [0.15, 0.2) is 0 Å². The third-order valence-electron chi connectivity index (χ3n) is 2.53. The molecule has 1 fully saturated rings. The summed E-state index contributed by atoms with van der Waals surface area (Å²) in [6.07, 6.45) is -0.0569. The van der Waals surface area contributed by atoms with E-state index in [1.807, 2.05) is 6.07 Å². The molecule has 0 bridgehead atoms. The highest BCUT2D eigenvalue weighted by Gasteiger charge is 2.15. The maximum Gasteiger partial charge on any atom is 0.143 e. The Kier molecular flexibility index (Phi) is 3.91. The van der Waals surface area contributed by atoms with E-state index in [-0.39, 0.29) is 11.7 Å². The van der Waals surface area contributed by atoms with Gasteiger partial charge in [0.2, 0.25) is 0 Å². The monoisotopic (exact) mass is 236 g/mol. The van der Waals surface area contributed by atoms with Gasteiger partial charge in [-0.1, -0.05) is 6.07 Å². The van der Waals surface area contributed by atoms with Crippen molar-refractivity contribution >= 4 is 5.69 Å². The first-order chi connectivity index (χ1) is 8.31. The number of ether oxygens (including phenoxy) is 2. The minimum absolute atomic E-state index is 0.0317. The van der Waals surface area contributed by atoms with Crippen molar-refractivity contribution in [3.63, 3.8) is 0 Å². The lowest BCUT2D eigenvalue weighted by atomic mass is 10.2. The molecule has 1 saturated heterocycles. The third-order valence-corrected chi connectivity index (χ3v) is 2.53. The van der Waals surface area contributed by atoms with Crippen LogP contribution in [-0.2, 0) is 9.47 Å². The molecule has 0 radical (unpaired) electrons. The zero-order valence-corrected chi connectivity index (χ0v) is 9.28. The molecule has 1 unspecified atom stereocenters. The maximum atomic E-state index is 13.3. The van der Waals surface area contributed by atoms with E-state index in [1.54, 1.807) is 12.1 Å². The molecule has 1 aromatic rings. The Morgan fingerprint density at radius 2 is 2.35 bits per heavy atom. The van der Waals surface area contributed by atoms with Crippen molar-refractivity contribution in [3.8, 4) is 6.07 Å². The number of hydrogen-bond acceptors (Lipinski definition) is 4. The molecule has 0 spiro atoms. The standard InChI is InChI=1S/C12H13FN2O2/c13-11-2-1-3-12(10(11)6-14)15-7-9-8-16-4-5-17-9/h1-3,9,15H,4-5,7-8H2. The second kappa shape index (κ2) is 5.62. The molecule has 1 atom stereocenters. The Labute approximate surface area is 99.0 Å². The third kappa shape index (κ3) is 2.93. The molecule has 2 rings (SSSR count). The molecular weight excluding hydrogens is 223 g/mol. The van der Waals surface area contributed by atoms with E-state index in [2.05, 4.69) is 5.32 Å². The van der Waals surface area contributed by atoms with Gasteiger partial charge in [0.05, 0.1) is 31.6 Å². The van der Waals surface area contributed by atoms with Crippen molar-refractivity contribution in [1.82, 2.24) is 0 Å². The summed E-state index contributed by atoms with van der Waals surface area (Å²) < 4.78 is 24.0. The molecule has 1 aliphatic rings. The highest BCUT2D eigenvalue weighted by atomic mass is 19.1. The average molecular weight is 236 g/mol. The number of rotatable bonds is 3. The van der Waals surface area contributed by atoms with Crippen molar-refractivity contribution in [2.45, 2.75) is 6.10 Å². The molecule has 0 amide bonds. The Bertz CT molecular complexity index is 425. The molecule has 5 heteroatoms. The predicted octanol–water partition coefficient (Wildman–Crippen LogP) is 1.52. The van der Waals surface area contributed by atoms with Crippen LogP contribution in [0, 0.1) is 17.1 Å². The second-order valence-electron chi connectivity index (χ2n) is 3.72. The average Bonchev–Trinajstić information content (AvgIpc) is 2.37. The zero-order valence-electron chi connectivity index (χ0n) is 9.28. The van der Waals surface area contributed by atoms with Gasteiger partial charge in [-0.25, -0.2) is 4.39 Å². The molecule has 0 saturated carbocycles. The highest BCUT2D eigenvalue weighted by molar-refractivity contribution is 5.57. The smallest absolute Gasteiger partial charge is 0.143 e. The molecular formula is C12H13FN2O2. The lowest BCUT2D eigenvalue weighted by Crippen LogP contribution is -2.34. The first-order valence-corrected chi connectivity index (χ1v) is 5.43. The summed E-state index contributed by atoms with van der Waals surface area (Å²) in [5.74, 6) is -0.515. The number of nitrogens with zero attached hydrogens (tertiary/aromatic N) is 1. The van der Waals surface area contributed by atoms with Crippen LogP contribution in [0.25, 0.3) is 0 Å². The Morgan fingerprint density at radius 1 is 1.47 bits per heavy atom. The number of benzene rings is 1. The number of halogens is 1. The first kappa shape index (κ1) is 11.8. The van der Waals surface area contributed by atoms with Gasteiger partial charge in [0.25, 0.3) is 0 Å². The van der Waals surface area contributed by atoms with Crippen LogP contribution in [0.3, 0.4) is 0 Å². The van der Waals surface area contributed by atoms with Crippen LogP contribution < -0.4 is 5.32 Å². The van der Waals surface area contributed by atoms with Gasteiger partial charge < -0.3 is 14.8 Å². The van der Waals surface area contributed by atoms with Crippen LogP contribution in [0.4, 0.5) is 10.1 Å². The van der Waals surface area contributed by atoms with Crippen LogP contribution in [0.5, 0.6) is 0 Å². The second-order valence-corrected chi connectivity index (χ2v) is 3.72. The van der Waals surface area contributed by atoms with E-state index >= 15 is 0 Å². The topological polar surface area (TPSA) is 54.3 Å². The minimum Gasteiger partial charge on any atom is -0.381 e. The molecule has 1 N–H and O–H groups in total. The predicted molar refractivity (Wildman–Crippen MR) is 60.2 cm³/mol. The molecule has 0 aromatic heterocycles. The van der Waals surface area contributed by atoms with E-state index in [0.717, 1.165) is 0 Å². The van der Waals surface area contributed by atoms with E-state index in [9.17, 15) is 4.39 Å². The summed E-state index contributed by atoms with van der Waals surface area (Å²) in [4.78, 5) is 0. The van der Waals surface area contributed by atoms with Gasteiger partial charge in [-0.3, -0.25) is 0 Å². The van der Waals surface area contributed by atoms with Gasteiger partial charge in [0, 0.05) is 6.54 Å². The Balaban J connectivity index is 1.99. The summed E-state index contributed by atoms with van der Waals surface area (Å²) in [6.45, 7) is 2.20. The molecule has 90 valence electrons. The highest BCUT2D eigenvalue weighted by Crippen LogP contribution is 2.18. The molecule has 0 aliphatic carbocycles. The zero-order chi connectivity index (χ0) is 12.1. The van der Waals surface area contributed by atoms with Crippen molar-refractivity contribution < 1.29 is 13.9 Å². The lowest BCUT2D eigenvalue weighted by Gasteiger charge is -2.23. The van der Waals surface area contributed by atoms with Crippen LogP contribution in [0.15, 0.2) is 18.2 Å². The summed E-state index contributed by atoms with van der Waals surface area (Å²) in [7, 11) is 0. The molecule has 17 heavy (non-hydrogen) atoms. The van der Waals surface area contributed by atoms with Gasteiger partial charge in [-0.05, 0) is 12.1 Å².